The molecule has 0 aromatic carbocycles. The van der Waals surface area contributed by atoms with Gasteiger partial charge in [-0.3, -0.25) is 4.68 Å². The zero-order valence-corrected chi connectivity index (χ0v) is 9.07. The van der Waals surface area contributed by atoms with Gasteiger partial charge in [-0.25, -0.2) is 0 Å². The summed E-state index contributed by atoms with van der Waals surface area (Å²) >= 11 is 3.16. The molecule has 0 fully saturated rings. The molecule has 0 aliphatic carbocycles. The maximum Gasteiger partial charge on any atom is 0.157 e. The lowest BCUT2D eigenvalue weighted by Crippen LogP contribution is -2.18. The smallest absolute Gasteiger partial charge is 0.157 e. The summed E-state index contributed by atoms with van der Waals surface area (Å²) < 4.78 is 7.05. The highest BCUT2D eigenvalue weighted by Gasteiger charge is 2.03. The third-order valence-corrected chi connectivity index (χ3v) is 2.30. The first-order valence-corrected chi connectivity index (χ1v) is 5.27. The van der Waals surface area contributed by atoms with Crippen molar-refractivity contribution < 1.29 is 9.84 Å². The monoisotopic (exact) mass is 248 g/mol. The van der Waals surface area contributed by atoms with Gasteiger partial charge in [0.1, 0.15) is 6.61 Å². The number of hydrogen-bond acceptors (Lipinski definition) is 3. The zero-order valence-electron chi connectivity index (χ0n) is 7.48. The van der Waals surface area contributed by atoms with Crippen LogP contribution in [-0.2, 0) is 6.54 Å². The number of halogens is 1. The largest absolute Gasteiger partial charge is 0.488 e. The quantitative estimate of drug-likeness (QED) is 0.793. The molecule has 0 spiro atoms. The number of nitrogens with zero attached hydrogens (tertiary/aromatic N) is 2. The van der Waals surface area contributed by atoms with Crippen molar-refractivity contribution in [2.75, 3.05) is 11.9 Å². The van der Waals surface area contributed by atoms with Crippen molar-refractivity contribution in [1.29, 1.82) is 0 Å². The molecule has 4 nitrogen and oxygen atoms in total. The van der Waals surface area contributed by atoms with Crippen molar-refractivity contribution in [3.05, 3.63) is 12.4 Å². The van der Waals surface area contributed by atoms with Gasteiger partial charge in [0.05, 0.1) is 18.5 Å². The Hall–Kier alpha value is -0.550. The molecule has 0 aliphatic rings. The van der Waals surface area contributed by atoms with Crippen LogP contribution in [0.5, 0.6) is 5.75 Å². The Morgan fingerprint density at radius 3 is 3.08 bits per heavy atom. The standard InChI is InChI=1S/C8H13BrN2O2/c1-2-11-5-8(4-10-11)13-6-7(12)3-9/h4-5,7,12H,2-3,6H2,1H3. The van der Waals surface area contributed by atoms with Crippen LogP contribution in [0.25, 0.3) is 0 Å². The number of aryl methyl sites for hydroxylation is 1. The normalized spacial score (nSPS) is 12.8. The summed E-state index contributed by atoms with van der Waals surface area (Å²) in [7, 11) is 0. The van der Waals surface area contributed by atoms with Gasteiger partial charge >= 0.3 is 0 Å². The molecule has 1 unspecified atom stereocenters. The van der Waals surface area contributed by atoms with Crippen LogP contribution in [-0.4, -0.2) is 32.9 Å². The molecule has 13 heavy (non-hydrogen) atoms. The Kier molecular flexibility index (Phi) is 4.24. The Labute approximate surface area is 85.6 Å². The second-order valence-corrected chi connectivity index (χ2v) is 3.30. The summed E-state index contributed by atoms with van der Waals surface area (Å²) in [6.45, 7) is 3.12. The summed E-state index contributed by atoms with van der Waals surface area (Å²) in [6.07, 6.45) is 2.98. The minimum atomic E-state index is -0.468. The zero-order chi connectivity index (χ0) is 9.68. The van der Waals surface area contributed by atoms with Crippen LogP contribution in [0.3, 0.4) is 0 Å². The number of hydrogen-bond donors (Lipinski definition) is 1. The fourth-order valence-corrected chi connectivity index (χ4v) is 1.02. The maximum atomic E-state index is 9.18. The summed E-state index contributed by atoms with van der Waals surface area (Å²) in [6, 6.07) is 0. The van der Waals surface area contributed by atoms with E-state index in [1.807, 2.05) is 6.92 Å². The highest BCUT2D eigenvalue weighted by Crippen LogP contribution is 2.08. The van der Waals surface area contributed by atoms with Crippen molar-refractivity contribution >= 4 is 15.9 Å². The van der Waals surface area contributed by atoms with Crippen LogP contribution in [0.1, 0.15) is 6.92 Å². The van der Waals surface area contributed by atoms with Gasteiger partial charge in [0.2, 0.25) is 0 Å². The molecule has 0 bridgehead atoms. The fourth-order valence-electron chi connectivity index (χ4n) is 0.829. The van der Waals surface area contributed by atoms with Crippen molar-refractivity contribution in [3.8, 4) is 5.75 Å². The second kappa shape index (κ2) is 5.24. The topological polar surface area (TPSA) is 47.3 Å². The minimum absolute atomic E-state index is 0.292. The molecular weight excluding hydrogens is 236 g/mol. The van der Waals surface area contributed by atoms with Gasteiger partial charge in [-0.2, -0.15) is 5.10 Å². The molecule has 1 atom stereocenters. The average molecular weight is 249 g/mol. The summed E-state index contributed by atoms with van der Waals surface area (Å²) in [5, 5.41) is 13.7. The number of ether oxygens (including phenoxy) is 1. The van der Waals surface area contributed by atoms with E-state index in [1.54, 1.807) is 17.1 Å². The highest BCUT2D eigenvalue weighted by molar-refractivity contribution is 9.09. The van der Waals surface area contributed by atoms with Gasteiger partial charge in [-0.05, 0) is 6.92 Å². The fraction of sp³-hybridized carbons (Fsp3) is 0.625. The van der Waals surface area contributed by atoms with E-state index < -0.39 is 6.10 Å². The first kappa shape index (κ1) is 10.5. The number of rotatable bonds is 5. The SMILES string of the molecule is CCn1cc(OCC(O)CBr)cn1. The van der Waals surface area contributed by atoms with Crippen LogP contribution in [0, 0.1) is 0 Å². The predicted molar refractivity (Wildman–Crippen MR) is 53.2 cm³/mol. The molecule has 0 aliphatic heterocycles. The first-order valence-electron chi connectivity index (χ1n) is 4.15. The van der Waals surface area contributed by atoms with E-state index in [4.69, 9.17) is 4.74 Å². The lowest BCUT2D eigenvalue weighted by atomic mass is 10.4. The average Bonchev–Trinajstić information content (AvgIpc) is 2.61. The predicted octanol–water partition coefficient (Wildman–Crippen LogP) is 1.04. The Morgan fingerprint density at radius 2 is 2.54 bits per heavy atom. The van der Waals surface area contributed by atoms with Crippen LogP contribution in [0.4, 0.5) is 0 Å². The number of aromatic nitrogens is 2. The number of aliphatic hydroxyl groups is 1. The van der Waals surface area contributed by atoms with E-state index in [2.05, 4.69) is 21.0 Å². The van der Waals surface area contributed by atoms with Crippen molar-refractivity contribution in [2.24, 2.45) is 0 Å². The third kappa shape index (κ3) is 3.36. The van der Waals surface area contributed by atoms with E-state index >= 15 is 0 Å². The van der Waals surface area contributed by atoms with Gasteiger partial charge < -0.3 is 9.84 Å². The Morgan fingerprint density at radius 1 is 1.77 bits per heavy atom. The Balaban J connectivity index is 2.36. The number of alkyl halides is 1. The lowest BCUT2D eigenvalue weighted by Gasteiger charge is -2.06. The molecule has 1 heterocycles. The molecule has 0 saturated carbocycles. The van der Waals surface area contributed by atoms with Crippen LogP contribution >= 0.6 is 15.9 Å². The highest BCUT2D eigenvalue weighted by atomic mass is 79.9. The summed E-state index contributed by atoms with van der Waals surface area (Å²) in [4.78, 5) is 0. The molecule has 1 rings (SSSR count). The van der Waals surface area contributed by atoms with Gasteiger partial charge in [0.25, 0.3) is 0 Å². The van der Waals surface area contributed by atoms with Crippen LogP contribution in [0.2, 0.25) is 0 Å². The van der Waals surface area contributed by atoms with E-state index in [9.17, 15) is 5.11 Å². The van der Waals surface area contributed by atoms with E-state index in [1.165, 1.54) is 0 Å². The van der Waals surface area contributed by atoms with Crippen LogP contribution < -0.4 is 4.74 Å². The number of aliphatic hydroxyl groups excluding tert-OH is 1. The summed E-state index contributed by atoms with van der Waals surface area (Å²) in [5.74, 6) is 0.696. The molecular formula is C8H13BrN2O2. The second-order valence-electron chi connectivity index (χ2n) is 2.65. The van der Waals surface area contributed by atoms with Gasteiger partial charge in [-0.1, -0.05) is 15.9 Å². The van der Waals surface area contributed by atoms with Crippen molar-refractivity contribution in [2.45, 2.75) is 19.6 Å². The molecule has 0 saturated heterocycles. The van der Waals surface area contributed by atoms with E-state index in [0.29, 0.717) is 17.7 Å². The maximum absolute atomic E-state index is 9.18. The third-order valence-electron chi connectivity index (χ3n) is 1.55. The molecule has 1 aromatic rings. The van der Waals surface area contributed by atoms with Gasteiger partial charge in [-0.15, -0.1) is 0 Å². The van der Waals surface area contributed by atoms with Gasteiger partial charge in [0.15, 0.2) is 5.75 Å². The Bertz CT molecular complexity index is 252. The molecule has 1 aromatic heterocycles. The molecule has 0 radical (unpaired) electrons. The summed E-state index contributed by atoms with van der Waals surface area (Å²) in [5.41, 5.74) is 0. The van der Waals surface area contributed by atoms with Crippen LogP contribution in [0.15, 0.2) is 12.4 Å². The molecule has 5 heteroatoms. The van der Waals surface area contributed by atoms with Crippen molar-refractivity contribution in [1.82, 2.24) is 9.78 Å². The van der Waals surface area contributed by atoms with Gasteiger partial charge in [0, 0.05) is 11.9 Å². The molecule has 1 N–H and O–H groups in total. The van der Waals surface area contributed by atoms with Crippen molar-refractivity contribution in [3.63, 3.8) is 0 Å². The van der Waals surface area contributed by atoms with E-state index in [-0.39, 0.29) is 0 Å². The van der Waals surface area contributed by atoms with E-state index in [0.717, 1.165) is 6.54 Å². The minimum Gasteiger partial charge on any atom is -0.488 e. The lowest BCUT2D eigenvalue weighted by molar-refractivity contribution is 0.127. The molecule has 0 amide bonds. The molecule has 74 valence electrons. The first-order chi connectivity index (χ1) is 6.26.